The van der Waals surface area contributed by atoms with Gasteiger partial charge < -0.3 is 9.47 Å². The van der Waals surface area contributed by atoms with Crippen molar-refractivity contribution in [2.75, 3.05) is 31.1 Å². The Morgan fingerprint density at radius 1 is 1.23 bits per heavy atom. The second kappa shape index (κ2) is 9.19. The number of amides is 1. The fraction of sp³-hybridized carbons (Fsp3) is 0.684. The van der Waals surface area contributed by atoms with Crippen molar-refractivity contribution >= 4 is 25.8 Å². The van der Waals surface area contributed by atoms with Crippen LogP contribution in [0.3, 0.4) is 0 Å². The maximum atomic E-state index is 13.0. The van der Waals surface area contributed by atoms with Crippen LogP contribution in [0, 0.1) is 0 Å². The van der Waals surface area contributed by atoms with Crippen molar-refractivity contribution in [1.82, 2.24) is 13.8 Å². The van der Waals surface area contributed by atoms with Crippen molar-refractivity contribution in [3.05, 3.63) is 28.7 Å². The van der Waals surface area contributed by atoms with Gasteiger partial charge in [0, 0.05) is 37.9 Å². The smallest absolute Gasteiger partial charge is 0.251 e. The van der Waals surface area contributed by atoms with Gasteiger partial charge in [0.25, 0.3) is 5.56 Å². The Hall–Kier alpha value is -1.72. The van der Waals surface area contributed by atoms with E-state index >= 15 is 0 Å². The van der Waals surface area contributed by atoms with Crippen LogP contribution >= 0.6 is 0 Å². The maximum absolute atomic E-state index is 13.0. The topological polar surface area (TPSA) is 114 Å². The molecule has 2 fully saturated rings. The second-order valence-corrected chi connectivity index (χ2v) is 12.1. The highest BCUT2D eigenvalue weighted by Crippen LogP contribution is 2.21. The minimum absolute atomic E-state index is 0.0136. The van der Waals surface area contributed by atoms with Gasteiger partial charge in [0.15, 0.2) is 9.84 Å². The van der Waals surface area contributed by atoms with Gasteiger partial charge in [0.1, 0.15) is 6.54 Å². The molecule has 0 bridgehead atoms. The van der Waals surface area contributed by atoms with Crippen LogP contribution in [0.4, 0.5) is 0 Å². The summed E-state index contributed by atoms with van der Waals surface area (Å²) in [6.45, 7) is 2.96. The molecule has 9 nitrogen and oxygen atoms in total. The Labute approximate surface area is 177 Å². The van der Waals surface area contributed by atoms with Crippen LogP contribution in [0.25, 0.3) is 0 Å². The third-order valence-corrected chi connectivity index (χ3v) is 9.32. The molecule has 2 aliphatic heterocycles. The summed E-state index contributed by atoms with van der Waals surface area (Å²) >= 11 is 0. The average molecular weight is 460 g/mol. The highest BCUT2D eigenvalue weighted by molar-refractivity contribution is 7.91. The molecule has 2 saturated heterocycles. The Morgan fingerprint density at radius 2 is 1.93 bits per heavy atom. The molecule has 30 heavy (non-hydrogen) atoms. The van der Waals surface area contributed by atoms with Gasteiger partial charge in [-0.2, -0.15) is 4.31 Å². The van der Waals surface area contributed by atoms with Gasteiger partial charge in [-0.05, 0) is 31.7 Å². The molecule has 3 heterocycles. The lowest BCUT2D eigenvalue weighted by Gasteiger charge is -2.28. The lowest BCUT2D eigenvalue weighted by Crippen LogP contribution is -2.44. The van der Waals surface area contributed by atoms with Gasteiger partial charge in [-0.25, -0.2) is 16.8 Å². The number of rotatable bonds is 8. The van der Waals surface area contributed by atoms with Gasteiger partial charge in [-0.15, -0.1) is 0 Å². The highest BCUT2D eigenvalue weighted by Gasteiger charge is 2.34. The number of aromatic nitrogens is 1. The summed E-state index contributed by atoms with van der Waals surface area (Å²) in [6, 6.07) is 2.03. The Kier molecular flexibility index (Phi) is 7.03. The predicted molar refractivity (Wildman–Crippen MR) is 112 cm³/mol. The van der Waals surface area contributed by atoms with Crippen LogP contribution in [0.2, 0.25) is 0 Å². The first kappa shape index (κ1) is 23.0. The standard InChI is InChI=1S/C19H29N3O6S2/c1-2-3-11-22(16-8-12-29(25,26)15-16)19(24)14-20-13-17(6-7-18(20)23)30(27,28)21-9-4-5-10-21/h6-7,13,16H,2-5,8-12,14-15H2,1H3/t16-/m1/s1. The Morgan fingerprint density at radius 3 is 2.53 bits per heavy atom. The first-order chi connectivity index (χ1) is 14.1. The molecule has 0 N–H and O–H groups in total. The number of hydrogen-bond acceptors (Lipinski definition) is 6. The van der Waals surface area contributed by atoms with Crippen LogP contribution in [0.1, 0.15) is 39.0 Å². The van der Waals surface area contributed by atoms with Gasteiger partial charge in [-0.1, -0.05) is 13.3 Å². The quantitative estimate of drug-likeness (QED) is 0.558. The average Bonchev–Trinajstić information content (AvgIpc) is 3.34. The Balaban J connectivity index is 1.82. The molecule has 0 radical (unpaired) electrons. The molecule has 0 aliphatic carbocycles. The van der Waals surface area contributed by atoms with E-state index in [0.29, 0.717) is 26.1 Å². The van der Waals surface area contributed by atoms with Gasteiger partial charge in [-0.3, -0.25) is 9.59 Å². The number of pyridine rings is 1. The molecule has 0 unspecified atom stereocenters. The van der Waals surface area contributed by atoms with Crippen LogP contribution in [0.5, 0.6) is 0 Å². The Bertz CT molecular complexity index is 1040. The number of hydrogen-bond donors (Lipinski definition) is 0. The molecule has 0 aromatic carbocycles. The summed E-state index contributed by atoms with van der Waals surface area (Å²) < 4.78 is 51.8. The maximum Gasteiger partial charge on any atom is 0.251 e. The van der Waals surface area contributed by atoms with Crippen LogP contribution < -0.4 is 5.56 Å². The van der Waals surface area contributed by atoms with E-state index in [1.807, 2.05) is 6.92 Å². The summed E-state index contributed by atoms with van der Waals surface area (Å²) in [5.74, 6) is -0.388. The van der Waals surface area contributed by atoms with E-state index in [-0.39, 0.29) is 28.9 Å². The van der Waals surface area contributed by atoms with Crippen molar-refractivity contribution in [3.8, 4) is 0 Å². The number of sulfonamides is 1. The number of unbranched alkanes of at least 4 members (excludes halogenated alkanes) is 1. The van der Waals surface area contributed by atoms with Crippen LogP contribution in [0.15, 0.2) is 28.0 Å². The minimum Gasteiger partial charge on any atom is -0.337 e. The zero-order valence-electron chi connectivity index (χ0n) is 17.2. The van der Waals surface area contributed by atoms with Gasteiger partial charge in [0.2, 0.25) is 15.9 Å². The van der Waals surface area contributed by atoms with Crippen molar-refractivity contribution in [2.45, 2.75) is 56.5 Å². The lowest BCUT2D eigenvalue weighted by atomic mass is 10.2. The largest absolute Gasteiger partial charge is 0.337 e. The molecule has 0 spiro atoms. The first-order valence-electron chi connectivity index (χ1n) is 10.3. The summed E-state index contributed by atoms with van der Waals surface area (Å²) in [7, 11) is -6.87. The third kappa shape index (κ3) is 5.12. The molecule has 1 aromatic heterocycles. The van der Waals surface area contributed by atoms with Crippen molar-refractivity contribution in [2.24, 2.45) is 0 Å². The van der Waals surface area contributed by atoms with Crippen molar-refractivity contribution < 1.29 is 21.6 Å². The summed E-state index contributed by atoms with van der Waals surface area (Å²) in [5.41, 5.74) is -0.474. The molecular formula is C19H29N3O6S2. The first-order valence-corrected chi connectivity index (χ1v) is 13.6. The van der Waals surface area contributed by atoms with E-state index < -0.39 is 31.5 Å². The van der Waals surface area contributed by atoms with Crippen molar-refractivity contribution in [3.63, 3.8) is 0 Å². The van der Waals surface area contributed by atoms with E-state index in [1.165, 1.54) is 16.6 Å². The molecule has 1 amide bonds. The van der Waals surface area contributed by atoms with Crippen molar-refractivity contribution in [1.29, 1.82) is 0 Å². The van der Waals surface area contributed by atoms with Crippen LogP contribution in [-0.2, 0) is 31.2 Å². The third-order valence-electron chi connectivity index (χ3n) is 5.69. The monoisotopic (exact) mass is 459 g/mol. The number of carbonyl (C=O) groups excluding carboxylic acids is 1. The summed E-state index contributed by atoms with van der Waals surface area (Å²) in [5, 5.41) is 0. The number of carbonyl (C=O) groups is 1. The fourth-order valence-corrected chi connectivity index (χ4v) is 7.23. The zero-order chi connectivity index (χ0) is 21.9. The fourth-order valence-electron chi connectivity index (χ4n) is 3.96. The lowest BCUT2D eigenvalue weighted by molar-refractivity contribution is -0.133. The number of sulfone groups is 1. The molecule has 3 rings (SSSR count). The number of nitrogens with zero attached hydrogens (tertiary/aromatic N) is 3. The molecule has 2 aliphatic rings. The summed E-state index contributed by atoms with van der Waals surface area (Å²) in [4.78, 5) is 26.8. The highest BCUT2D eigenvalue weighted by atomic mass is 32.2. The minimum atomic E-state index is -3.71. The van der Waals surface area contributed by atoms with Gasteiger partial charge >= 0.3 is 0 Å². The normalized spacial score (nSPS) is 21.7. The SMILES string of the molecule is CCCCN(C(=O)Cn1cc(S(=O)(=O)N2CCCC2)ccc1=O)[C@@H]1CCS(=O)(=O)C1. The predicted octanol–water partition coefficient (Wildman–Crippen LogP) is 0.449. The van der Waals surface area contributed by atoms with E-state index in [2.05, 4.69) is 0 Å². The van der Waals surface area contributed by atoms with E-state index in [4.69, 9.17) is 0 Å². The van der Waals surface area contributed by atoms with E-state index in [0.717, 1.165) is 36.3 Å². The molecule has 168 valence electrons. The van der Waals surface area contributed by atoms with Crippen LogP contribution in [-0.4, -0.2) is 73.7 Å². The van der Waals surface area contributed by atoms with Gasteiger partial charge in [0.05, 0.1) is 16.4 Å². The summed E-state index contributed by atoms with van der Waals surface area (Å²) in [6.07, 6.45) is 4.77. The van der Waals surface area contributed by atoms with E-state index in [9.17, 15) is 26.4 Å². The molecule has 11 heteroatoms. The molecule has 0 saturated carbocycles. The zero-order valence-corrected chi connectivity index (χ0v) is 18.8. The van der Waals surface area contributed by atoms with E-state index in [1.54, 1.807) is 4.90 Å². The second-order valence-electron chi connectivity index (χ2n) is 7.94. The molecular weight excluding hydrogens is 430 g/mol. The molecule has 1 aromatic rings. The molecule has 1 atom stereocenters.